The molecule has 2 heterocycles. The van der Waals surface area contributed by atoms with E-state index < -0.39 is 24.5 Å². The number of amides is 1. The van der Waals surface area contributed by atoms with Crippen LogP contribution in [0.15, 0.2) is 18.6 Å². The summed E-state index contributed by atoms with van der Waals surface area (Å²) in [6.07, 6.45) is 6.40. The lowest BCUT2D eigenvalue weighted by Crippen LogP contribution is -2.23. The molecule has 0 aromatic carbocycles. The van der Waals surface area contributed by atoms with E-state index in [1.807, 2.05) is 0 Å². The molecule has 1 N–H and O–H groups in total. The number of rotatable bonds is 6. The van der Waals surface area contributed by atoms with E-state index in [2.05, 4.69) is 22.2 Å². The minimum atomic E-state index is -0.744. The van der Waals surface area contributed by atoms with Gasteiger partial charge in [0.1, 0.15) is 5.00 Å². The normalized spacial score (nSPS) is 15.5. The van der Waals surface area contributed by atoms with Crippen LogP contribution in [-0.4, -0.2) is 40.5 Å². The van der Waals surface area contributed by atoms with Crippen molar-refractivity contribution in [2.75, 3.05) is 11.9 Å². The summed E-state index contributed by atoms with van der Waals surface area (Å²) in [6, 6.07) is 0. The number of esters is 2. The van der Waals surface area contributed by atoms with Gasteiger partial charge in [-0.2, -0.15) is 0 Å². The summed E-state index contributed by atoms with van der Waals surface area (Å²) in [7, 11) is 0. The zero-order valence-electron chi connectivity index (χ0n) is 16.6. The molecule has 8 nitrogen and oxygen atoms in total. The Kier molecular flexibility index (Phi) is 6.58. The highest BCUT2D eigenvalue weighted by Gasteiger charge is 2.29. The zero-order chi connectivity index (χ0) is 21.0. The lowest BCUT2D eigenvalue weighted by atomic mass is 9.88. The highest BCUT2D eigenvalue weighted by atomic mass is 32.1. The SMILES string of the molecule is CC(C)OC(=O)c1c(NC(=O)COC(=O)c2cnccn2)sc2c1CC[C@@H](C)C2. The fraction of sp³-hybridized carbons (Fsp3) is 0.450. The molecule has 0 radical (unpaired) electrons. The van der Waals surface area contributed by atoms with Crippen molar-refractivity contribution in [1.29, 1.82) is 0 Å². The van der Waals surface area contributed by atoms with Crippen LogP contribution < -0.4 is 5.32 Å². The first-order chi connectivity index (χ1) is 13.8. The average Bonchev–Trinajstić information content (AvgIpc) is 3.03. The Morgan fingerprint density at radius 3 is 2.76 bits per heavy atom. The summed E-state index contributed by atoms with van der Waals surface area (Å²) >= 11 is 1.38. The maximum atomic E-state index is 12.7. The predicted molar refractivity (Wildman–Crippen MR) is 107 cm³/mol. The van der Waals surface area contributed by atoms with Crippen molar-refractivity contribution in [2.45, 2.75) is 46.1 Å². The lowest BCUT2D eigenvalue weighted by molar-refractivity contribution is -0.119. The summed E-state index contributed by atoms with van der Waals surface area (Å²) in [5, 5.41) is 3.15. The van der Waals surface area contributed by atoms with E-state index in [-0.39, 0.29) is 11.8 Å². The number of hydrogen-bond acceptors (Lipinski definition) is 8. The zero-order valence-corrected chi connectivity index (χ0v) is 17.4. The Bertz CT molecular complexity index is 910. The standard InChI is InChI=1S/C20H23N3O5S/c1-11(2)28-20(26)17-13-5-4-12(3)8-15(13)29-18(17)23-16(24)10-27-19(25)14-9-21-6-7-22-14/h6-7,9,11-12H,4-5,8,10H2,1-3H3,(H,23,24)/t12-/m1/s1. The van der Waals surface area contributed by atoms with Crippen molar-refractivity contribution in [2.24, 2.45) is 5.92 Å². The number of thiophene rings is 1. The van der Waals surface area contributed by atoms with Crippen molar-refractivity contribution in [3.8, 4) is 0 Å². The van der Waals surface area contributed by atoms with E-state index >= 15 is 0 Å². The second kappa shape index (κ2) is 9.13. The van der Waals surface area contributed by atoms with Crippen molar-refractivity contribution in [3.05, 3.63) is 40.3 Å². The highest BCUT2D eigenvalue weighted by molar-refractivity contribution is 7.17. The molecular formula is C20H23N3O5S. The van der Waals surface area contributed by atoms with Gasteiger partial charge in [0.2, 0.25) is 0 Å². The van der Waals surface area contributed by atoms with Crippen molar-refractivity contribution < 1.29 is 23.9 Å². The second-order valence-electron chi connectivity index (χ2n) is 7.22. The molecule has 29 heavy (non-hydrogen) atoms. The molecule has 0 bridgehead atoms. The van der Waals surface area contributed by atoms with Crippen LogP contribution in [0.4, 0.5) is 5.00 Å². The largest absolute Gasteiger partial charge is 0.459 e. The number of nitrogens with one attached hydrogen (secondary N) is 1. The van der Waals surface area contributed by atoms with Crippen LogP contribution in [0.1, 0.15) is 58.5 Å². The molecule has 1 aliphatic carbocycles. The molecule has 0 saturated carbocycles. The number of nitrogens with zero attached hydrogens (tertiary/aromatic N) is 2. The molecule has 2 aromatic rings. The van der Waals surface area contributed by atoms with Crippen LogP contribution in [-0.2, 0) is 27.1 Å². The molecule has 3 rings (SSSR count). The molecule has 0 unspecified atom stereocenters. The fourth-order valence-corrected chi connectivity index (χ4v) is 4.52. The molecule has 1 amide bonds. The number of aromatic nitrogens is 2. The monoisotopic (exact) mass is 417 g/mol. The van der Waals surface area contributed by atoms with Crippen LogP contribution in [0.3, 0.4) is 0 Å². The first kappa shape index (κ1) is 20.9. The van der Waals surface area contributed by atoms with Gasteiger partial charge >= 0.3 is 11.9 Å². The van der Waals surface area contributed by atoms with E-state index in [0.717, 1.165) is 29.7 Å². The Morgan fingerprint density at radius 1 is 1.28 bits per heavy atom. The van der Waals surface area contributed by atoms with Gasteiger partial charge in [-0.1, -0.05) is 6.92 Å². The fourth-order valence-electron chi connectivity index (χ4n) is 3.10. The highest BCUT2D eigenvalue weighted by Crippen LogP contribution is 2.40. The Morgan fingerprint density at radius 2 is 2.07 bits per heavy atom. The topological polar surface area (TPSA) is 107 Å². The first-order valence-electron chi connectivity index (χ1n) is 9.43. The lowest BCUT2D eigenvalue weighted by Gasteiger charge is -2.18. The maximum absolute atomic E-state index is 12.7. The number of carbonyl (C=O) groups is 3. The van der Waals surface area contributed by atoms with Crippen LogP contribution in [0.2, 0.25) is 0 Å². The quantitative estimate of drug-likeness (QED) is 0.720. The van der Waals surface area contributed by atoms with Gasteiger partial charge in [0, 0.05) is 17.3 Å². The van der Waals surface area contributed by atoms with E-state index in [1.54, 1.807) is 13.8 Å². The van der Waals surface area contributed by atoms with Crippen LogP contribution in [0.5, 0.6) is 0 Å². The van der Waals surface area contributed by atoms with Gasteiger partial charge in [0.25, 0.3) is 5.91 Å². The number of hydrogen-bond donors (Lipinski definition) is 1. The van der Waals surface area contributed by atoms with E-state index in [9.17, 15) is 14.4 Å². The van der Waals surface area contributed by atoms with Gasteiger partial charge in [-0.25, -0.2) is 14.6 Å². The number of anilines is 1. The second-order valence-corrected chi connectivity index (χ2v) is 8.33. The van der Waals surface area contributed by atoms with Crippen molar-refractivity contribution >= 4 is 34.2 Å². The summed E-state index contributed by atoms with van der Waals surface area (Å²) in [6.45, 7) is 5.23. The summed E-state index contributed by atoms with van der Waals surface area (Å²) < 4.78 is 10.4. The van der Waals surface area contributed by atoms with Gasteiger partial charge in [-0.05, 0) is 44.6 Å². The van der Waals surface area contributed by atoms with Crippen LogP contribution >= 0.6 is 11.3 Å². The molecule has 9 heteroatoms. The third-order valence-corrected chi connectivity index (χ3v) is 5.59. The molecule has 0 fully saturated rings. The maximum Gasteiger partial charge on any atom is 0.359 e. The number of fused-ring (bicyclic) bond motifs is 1. The van der Waals surface area contributed by atoms with Gasteiger partial charge < -0.3 is 14.8 Å². The molecular weight excluding hydrogens is 394 g/mol. The number of ether oxygens (including phenoxy) is 2. The summed E-state index contributed by atoms with van der Waals surface area (Å²) in [5.41, 5.74) is 1.38. The molecule has 0 aliphatic heterocycles. The minimum absolute atomic E-state index is 0.0158. The van der Waals surface area contributed by atoms with Gasteiger partial charge in [-0.3, -0.25) is 9.78 Å². The molecule has 1 aliphatic rings. The Labute approximate surface area is 172 Å². The van der Waals surface area contributed by atoms with Crippen LogP contribution in [0.25, 0.3) is 0 Å². The smallest absolute Gasteiger partial charge is 0.359 e. The van der Waals surface area contributed by atoms with E-state index in [0.29, 0.717) is 16.5 Å². The molecule has 154 valence electrons. The summed E-state index contributed by atoms with van der Waals surface area (Å²) in [4.78, 5) is 45.6. The van der Waals surface area contributed by atoms with Crippen molar-refractivity contribution in [1.82, 2.24) is 9.97 Å². The van der Waals surface area contributed by atoms with Gasteiger partial charge in [0.15, 0.2) is 12.3 Å². The van der Waals surface area contributed by atoms with Crippen LogP contribution in [0, 0.1) is 5.92 Å². The molecule has 2 aromatic heterocycles. The Balaban J connectivity index is 1.73. The molecule has 1 atom stereocenters. The van der Waals surface area contributed by atoms with E-state index in [4.69, 9.17) is 9.47 Å². The summed E-state index contributed by atoms with van der Waals surface area (Å²) in [5.74, 6) is -1.20. The van der Waals surface area contributed by atoms with Gasteiger partial charge in [0.05, 0.1) is 17.9 Å². The minimum Gasteiger partial charge on any atom is -0.459 e. The third kappa shape index (κ3) is 5.17. The third-order valence-electron chi connectivity index (χ3n) is 4.42. The molecule has 0 spiro atoms. The Hall–Kier alpha value is -2.81. The van der Waals surface area contributed by atoms with Crippen molar-refractivity contribution in [3.63, 3.8) is 0 Å². The van der Waals surface area contributed by atoms with E-state index in [1.165, 1.54) is 29.9 Å². The van der Waals surface area contributed by atoms with Gasteiger partial charge in [-0.15, -0.1) is 11.3 Å². The first-order valence-corrected chi connectivity index (χ1v) is 10.2. The number of carbonyl (C=O) groups excluding carboxylic acids is 3. The molecule has 0 saturated heterocycles. The average molecular weight is 417 g/mol. The predicted octanol–water partition coefficient (Wildman–Crippen LogP) is 3.02.